The van der Waals surface area contributed by atoms with Gasteiger partial charge in [-0.2, -0.15) is 0 Å². The lowest BCUT2D eigenvalue weighted by atomic mass is 10.1. The zero-order valence-electron chi connectivity index (χ0n) is 17.6. The molecule has 0 aliphatic carbocycles. The molecule has 1 aliphatic heterocycles. The monoisotopic (exact) mass is 424 g/mol. The number of amides is 2. The summed E-state index contributed by atoms with van der Waals surface area (Å²) in [5, 5.41) is 2.58. The molecule has 0 bridgehead atoms. The zero-order chi connectivity index (χ0) is 22.5. The molecular weight excluding hydrogens is 400 g/mol. The van der Waals surface area contributed by atoms with Gasteiger partial charge in [-0.1, -0.05) is 17.7 Å². The van der Waals surface area contributed by atoms with Gasteiger partial charge in [-0.3, -0.25) is 14.4 Å². The second-order valence-corrected chi connectivity index (χ2v) is 7.42. The first-order valence-electron chi connectivity index (χ1n) is 9.81. The molecule has 8 heteroatoms. The fourth-order valence-corrected chi connectivity index (χ4v) is 3.47. The molecule has 8 nitrogen and oxygen atoms in total. The third kappa shape index (κ3) is 5.28. The lowest BCUT2D eigenvalue weighted by Gasteiger charge is -2.19. The van der Waals surface area contributed by atoms with Gasteiger partial charge in [0.05, 0.1) is 18.6 Å². The molecule has 1 saturated heterocycles. The molecule has 162 valence electrons. The van der Waals surface area contributed by atoms with Crippen molar-refractivity contribution in [3.63, 3.8) is 0 Å². The van der Waals surface area contributed by atoms with E-state index in [9.17, 15) is 19.2 Å². The summed E-state index contributed by atoms with van der Waals surface area (Å²) in [7, 11) is 1.28. The van der Waals surface area contributed by atoms with Gasteiger partial charge < -0.3 is 19.7 Å². The summed E-state index contributed by atoms with van der Waals surface area (Å²) in [5.74, 6) is -2.36. The Hall–Kier alpha value is -3.68. The zero-order valence-corrected chi connectivity index (χ0v) is 17.6. The van der Waals surface area contributed by atoms with Crippen LogP contribution in [0.15, 0.2) is 42.5 Å². The molecule has 1 N–H and O–H groups in total. The molecule has 0 saturated carbocycles. The number of nitrogens with one attached hydrogen (secondary N) is 1. The fourth-order valence-electron chi connectivity index (χ4n) is 3.47. The van der Waals surface area contributed by atoms with E-state index in [1.165, 1.54) is 19.2 Å². The maximum absolute atomic E-state index is 12.4. The smallest absolute Gasteiger partial charge is 0.337 e. The SMILES string of the molecule is COC(=O)c1ccc(NC(=O)COC(=O)[C@H]2CC(=O)N(c3ccc(C)cc3C)C2)cc1. The number of esters is 2. The van der Waals surface area contributed by atoms with Crippen molar-refractivity contribution in [2.45, 2.75) is 20.3 Å². The number of hydrogen-bond donors (Lipinski definition) is 1. The van der Waals surface area contributed by atoms with Crippen LogP contribution in [0.25, 0.3) is 0 Å². The van der Waals surface area contributed by atoms with E-state index < -0.39 is 30.4 Å². The van der Waals surface area contributed by atoms with Crippen LogP contribution in [0.1, 0.15) is 27.9 Å². The van der Waals surface area contributed by atoms with Crippen molar-refractivity contribution in [1.82, 2.24) is 0 Å². The van der Waals surface area contributed by atoms with E-state index in [1.54, 1.807) is 17.0 Å². The Morgan fingerprint density at radius 3 is 2.45 bits per heavy atom. The minimum atomic E-state index is -0.625. The summed E-state index contributed by atoms with van der Waals surface area (Å²) in [4.78, 5) is 49.9. The molecule has 1 fully saturated rings. The number of aryl methyl sites for hydroxylation is 2. The van der Waals surface area contributed by atoms with Crippen molar-refractivity contribution in [1.29, 1.82) is 0 Å². The number of methoxy groups -OCH3 is 1. The van der Waals surface area contributed by atoms with Crippen molar-refractivity contribution < 1.29 is 28.7 Å². The summed E-state index contributed by atoms with van der Waals surface area (Å²) in [6.45, 7) is 3.65. The number of benzene rings is 2. The Labute approximate surface area is 180 Å². The van der Waals surface area contributed by atoms with E-state index in [0.717, 1.165) is 16.8 Å². The van der Waals surface area contributed by atoms with Gasteiger partial charge in [-0.05, 0) is 49.7 Å². The standard InChI is InChI=1S/C23H24N2O6/c1-14-4-9-19(15(2)10-14)25-12-17(11-21(25)27)23(29)31-13-20(26)24-18-7-5-16(6-8-18)22(28)30-3/h4-10,17H,11-13H2,1-3H3,(H,24,26)/t17-/m0/s1. The van der Waals surface area contributed by atoms with Crippen LogP contribution in [0, 0.1) is 19.8 Å². The van der Waals surface area contributed by atoms with E-state index in [2.05, 4.69) is 10.1 Å². The second-order valence-electron chi connectivity index (χ2n) is 7.42. The molecule has 0 unspecified atom stereocenters. The van der Waals surface area contributed by atoms with Gasteiger partial charge in [0.25, 0.3) is 5.91 Å². The highest BCUT2D eigenvalue weighted by Gasteiger charge is 2.36. The number of nitrogens with zero attached hydrogens (tertiary/aromatic N) is 1. The number of carbonyl (C=O) groups is 4. The van der Waals surface area contributed by atoms with Crippen molar-refractivity contribution in [3.05, 3.63) is 59.2 Å². The molecule has 0 spiro atoms. The molecule has 1 heterocycles. The molecule has 1 aliphatic rings. The van der Waals surface area contributed by atoms with Crippen LogP contribution in [-0.2, 0) is 23.9 Å². The summed E-state index contributed by atoms with van der Waals surface area (Å²) < 4.78 is 9.73. The van der Waals surface area contributed by atoms with Gasteiger partial charge in [-0.15, -0.1) is 0 Å². The molecule has 31 heavy (non-hydrogen) atoms. The first-order chi connectivity index (χ1) is 14.8. The van der Waals surface area contributed by atoms with Crippen LogP contribution in [0.4, 0.5) is 11.4 Å². The molecule has 2 amide bonds. The van der Waals surface area contributed by atoms with Crippen molar-refractivity contribution >= 4 is 35.1 Å². The second kappa shape index (κ2) is 9.42. The highest BCUT2D eigenvalue weighted by Crippen LogP contribution is 2.29. The van der Waals surface area contributed by atoms with E-state index in [0.29, 0.717) is 11.3 Å². The van der Waals surface area contributed by atoms with Crippen molar-refractivity contribution in [2.75, 3.05) is 30.5 Å². The molecule has 1 atom stereocenters. The molecule has 0 aromatic heterocycles. The quantitative estimate of drug-likeness (QED) is 0.716. The fraction of sp³-hybridized carbons (Fsp3) is 0.304. The molecule has 2 aromatic rings. The minimum absolute atomic E-state index is 0.0444. The van der Waals surface area contributed by atoms with Crippen LogP contribution in [0.2, 0.25) is 0 Å². The molecule has 2 aromatic carbocycles. The van der Waals surface area contributed by atoms with Gasteiger partial charge >= 0.3 is 11.9 Å². The highest BCUT2D eigenvalue weighted by atomic mass is 16.5. The minimum Gasteiger partial charge on any atom is -0.465 e. The predicted molar refractivity (Wildman–Crippen MR) is 114 cm³/mol. The third-order valence-corrected chi connectivity index (χ3v) is 5.04. The summed E-state index contributed by atoms with van der Waals surface area (Å²) in [6, 6.07) is 11.9. The Balaban J connectivity index is 1.52. The first kappa shape index (κ1) is 22.0. The third-order valence-electron chi connectivity index (χ3n) is 5.04. The van der Waals surface area contributed by atoms with Crippen LogP contribution >= 0.6 is 0 Å². The number of hydrogen-bond acceptors (Lipinski definition) is 6. The Bertz CT molecular complexity index is 1020. The van der Waals surface area contributed by atoms with Gasteiger partial charge in [0.15, 0.2) is 6.61 Å². The van der Waals surface area contributed by atoms with Crippen molar-refractivity contribution in [3.8, 4) is 0 Å². The van der Waals surface area contributed by atoms with Crippen LogP contribution in [-0.4, -0.2) is 44.0 Å². The maximum atomic E-state index is 12.4. The number of rotatable bonds is 6. The Kier molecular flexibility index (Phi) is 6.69. The summed E-state index contributed by atoms with van der Waals surface area (Å²) in [6.07, 6.45) is 0.0444. The summed E-state index contributed by atoms with van der Waals surface area (Å²) >= 11 is 0. The van der Waals surface area contributed by atoms with E-state index in [-0.39, 0.29) is 18.9 Å². The maximum Gasteiger partial charge on any atom is 0.337 e. The molecular formula is C23H24N2O6. The van der Waals surface area contributed by atoms with Crippen LogP contribution in [0.3, 0.4) is 0 Å². The topological polar surface area (TPSA) is 102 Å². The lowest BCUT2D eigenvalue weighted by molar-refractivity contribution is -0.151. The van der Waals surface area contributed by atoms with E-state index in [1.807, 2.05) is 32.0 Å². The van der Waals surface area contributed by atoms with E-state index in [4.69, 9.17) is 4.74 Å². The van der Waals surface area contributed by atoms with Crippen LogP contribution in [0.5, 0.6) is 0 Å². The van der Waals surface area contributed by atoms with Gasteiger partial charge in [0.2, 0.25) is 5.91 Å². The Morgan fingerprint density at radius 2 is 1.81 bits per heavy atom. The Morgan fingerprint density at radius 1 is 1.10 bits per heavy atom. The van der Waals surface area contributed by atoms with Gasteiger partial charge in [-0.25, -0.2) is 4.79 Å². The average Bonchev–Trinajstić information content (AvgIpc) is 3.13. The average molecular weight is 424 g/mol. The van der Waals surface area contributed by atoms with Gasteiger partial charge in [0.1, 0.15) is 0 Å². The molecule has 3 rings (SSSR count). The number of anilines is 2. The predicted octanol–water partition coefficient (Wildman–Crippen LogP) is 2.62. The largest absolute Gasteiger partial charge is 0.465 e. The normalized spacial score (nSPS) is 15.5. The lowest BCUT2D eigenvalue weighted by Crippen LogP contribution is -2.28. The number of ether oxygens (including phenoxy) is 2. The molecule has 0 radical (unpaired) electrons. The van der Waals surface area contributed by atoms with Gasteiger partial charge in [0, 0.05) is 24.3 Å². The van der Waals surface area contributed by atoms with Crippen molar-refractivity contribution in [2.24, 2.45) is 5.92 Å². The first-order valence-corrected chi connectivity index (χ1v) is 9.81. The number of carbonyl (C=O) groups excluding carboxylic acids is 4. The van der Waals surface area contributed by atoms with Crippen LogP contribution < -0.4 is 10.2 Å². The highest BCUT2D eigenvalue weighted by molar-refractivity contribution is 6.00. The summed E-state index contributed by atoms with van der Waals surface area (Å²) in [5.41, 5.74) is 3.63. The van der Waals surface area contributed by atoms with E-state index >= 15 is 0 Å².